The third-order valence-electron chi connectivity index (χ3n) is 8.93. The average molecular weight is 665 g/mol. The standard InChI is InChI=1S/C45H28N4S/c1-3-14-29(15-4-1)43-46-44(30-16-5-2-6-17-30)48-45(47-43)35-27-26-31(32-21-13-25-41-42(32)36-20-9-12-24-40(36)50-41)28-39(35)49-37-22-10-7-18-33(37)34-19-8-11-23-38(34)49/h1-28H/i7D,8D,10D,11D,18D,19D,22D,23D. The molecule has 0 unspecified atom stereocenters. The quantitative estimate of drug-likeness (QED) is 0.184. The summed E-state index contributed by atoms with van der Waals surface area (Å²) in [4.78, 5) is 14.9. The van der Waals surface area contributed by atoms with Gasteiger partial charge in [-0.25, -0.2) is 15.0 Å². The molecule has 0 radical (unpaired) electrons. The van der Waals surface area contributed by atoms with E-state index < -0.39 is 48.3 Å². The number of aromatic nitrogens is 4. The first kappa shape index (κ1) is 21.5. The van der Waals surface area contributed by atoms with E-state index >= 15 is 0 Å². The van der Waals surface area contributed by atoms with Crippen LogP contribution in [0.15, 0.2) is 170 Å². The van der Waals surface area contributed by atoms with E-state index in [2.05, 4.69) is 18.2 Å². The molecule has 234 valence electrons. The van der Waals surface area contributed by atoms with Crippen LogP contribution in [-0.2, 0) is 0 Å². The second-order valence-corrected chi connectivity index (χ2v) is 12.9. The van der Waals surface area contributed by atoms with Crippen LogP contribution in [-0.4, -0.2) is 19.5 Å². The largest absolute Gasteiger partial charge is 0.308 e. The van der Waals surface area contributed by atoms with Crippen molar-refractivity contribution in [1.82, 2.24) is 19.5 Å². The van der Waals surface area contributed by atoms with E-state index in [1.807, 2.05) is 103 Å². The Labute approximate surface area is 303 Å². The second kappa shape index (κ2) is 11.6. The summed E-state index contributed by atoms with van der Waals surface area (Å²) in [6, 6.07) is 35.5. The smallest absolute Gasteiger partial charge is 0.166 e. The number of nitrogens with zero attached hydrogens (tertiary/aromatic N) is 4. The monoisotopic (exact) mass is 664 g/mol. The lowest BCUT2D eigenvalue weighted by molar-refractivity contribution is 1.06. The van der Waals surface area contributed by atoms with Crippen molar-refractivity contribution in [3.8, 4) is 51.0 Å². The minimum absolute atomic E-state index is 0.00575. The molecule has 0 aliphatic heterocycles. The molecule has 0 saturated carbocycles. The third-order valence-corrected chi connectivity index (χ3v) is 10.1. The van der Waals surface area contributed by atoms with Gasteiger partial charge in [-0.3, -0.25) is 0 Å². The van der Waals surface area contributed by atoms with Gasteiger partial charge < -0.3 is 4.57 Å². The molecule has 10 rings (SSSR count). The minimum atomic E-state index is -0.508. The molecule has 50 heavy (non-hydrogen) atoms. The maximum atomic E-state index is 9.29. The van der Waals surface area contributed by atoms with Crippen LogP contribution in [0.25, 0.3) is 93.0 Å². The lowest BCUT2D eigenvalue weighted by Crippen LogP contribution is -2.04. The molecule has 0 spiro atoms. The molecule has 7 aromatic carbocycles. The molecule has 0 aliphatic carbocycles. The Morgan fingerprint density at radius 1 is 0.460 bits per heavy atom. The van der Waals surface area contributed by atoms with Crippen LogP contribution >= 0.6 is 11.3 Å². The normalized spacial score (nSPS) is 13.8. The molecule has 10 aromatic rings. The van der Waals surface area contributed by atoms with Crippen molar-refractivity contribution in [2.45, 2.75) is 0 Å². The molecule has 3 aromatic heterocycles. The number of para-hydroxylation sites is 2. The van der Waals surface area contributed by atoms with Crippen molar-refractivity contribution >= 4 is 53.3 Å². The van der Waals surface area contributed by atoms with Gasteiger partial charge in [0, 0.05) is 47.6 Å². The molecule has 0 N–H and O–H groups in total. The summed E-state index contributed by atoms with van der Waals surface area (Å²) in [6.45, 7) is 0. The topological polar surface area (TPSA) is 43.6 Å². The van der Waals surface area contributed by atoms with Crippen LogP contribution in [0.5, 0.6) is 0 Å². The van der Waals surface area contributed by atoms with Gasteiger partial charge in [-0.2, -0.15) is 0 Å². The van der Waals surface area contributed by atoms with Crippen molar-refractivity contribution in [3.05, 3.63) is 170 Å². The van der Waals surface area contributed by atoms with Gasteiger partial charge in [0.05, 0.1) is 27.7 Å². The molecule has 0 aliphatic rings. The Balaban J connectivity index is 1.39. The van der Waals surface area contributed by atoms with Gasteiger partial charge >= 0.3 is 0 Å². The Morgan fingerprint density at radius 2 is 1.04 bits per heavy atom. The molecule has 0 atom stereocenters. The summed E-state index contributed by atoms with van der Waals surface area (Å²) in [5, 5.41) is 2.11. The molecular formula is C45H28N4S. The van der Waals surface area contributed by atoms with E-state index in [1.165, 1.54) is 0 Å². The Bertz CT molecular complexity index is 3200. The van der Waals surface area contributed by atoms with Crippen molar-refractivity contribution in [3.63, 3.8) is 0 Å². The van der Waals surface area contributed by atoms with Crippen molar-refractivity contribution in [2.24, 2.45) is 0 Å². The fourth-order valence-electron chi connectivity index (χ4n) is 6.68. The number of hydrogen-bond acceptors (Lipinski definition) is 4. The molecule has 4 nitrogen and oxygen atoms in total. The first-order valence-electron chi connectivity index (χ1n) is 20.1. The van der Waals surface area contributed by atoms with E-state index in [0.29, 0.717) is 22.9 Å². The summed E-state index contributed by atoms with van der Waals surface area (Å²) < 4.78 is 75.3. The highest BCUT2D eigenvalue weighted by atomic mass is 32.1. The molecule has 0 fully saturated rings. The van der Waals surface area contributed by atoms with E-state index in [9.17, 15) is 2.74 Å². The zero-order valence-corrected chi connectivity index (χ0v) is 27.1. The van der Waals surface area contributed by atoms with Gasteiger partial charge in [0.1, 0.15) is 0 Å². The van der Waals surface area contributed by atoms with Crippen LogP contribution < -0.4 is 0 Å². The minimum Gasteiger partial charge on any atom is -0.308 e. The zero-order chi connectivity index (χ0) is 40.0. The fraction of sp³-hybridized carbons (Fsp3) is 0. The second-order valence-electron chi connectivity index (χ2n) is 11.8. The van der Waals surface area contributed by atoms with E-state index in [4.69, 9.17) is 23.2 Å². The highest BCUT2D eigenvalue weighted by molar-refractivity contribution is 7.25. The number of fused-ring (bicyclic) bond motifs is 6. The first-order chi connectivity index (χ1) is 28.1. The first-order valence-corrected chi connectivity index (χ1v) is 16.9. The Kier molecular flexibility index (Phi) is 5.00. The predicted octanol–water partition coefficient (Wildman–Crippen LogP) is 12.0. The summed E-state index contributed by atoms with van der Waals surface area (Å²) in [7, 11) is 0. The zero-order valence-electron chi connectivity index (χ0n) is 34.2. The summed E-state index contributed by atoms with van der Waals surface area (Å²) >= 11 is 1.69. The Hall–Kier alpha value is -6.43. The SMILES string of the molecule is [2H]c1c([2H])c([2H])c2c(c1[2H])c1c([2H])c([2H])c([2H])c([2H])c1n2-c1cc(-c2cccc3sc4ccccc4c23)ccc1-c1nc(-c2ccccc2)nc(-c2ccccc2)n1. The number of thiophene rings is 1. The Morgan fingerprint density at radius 3 is 1.72 bits per heavy atom. The van der Waals surface area contributed by atoms with Gasteiger partial charge in [0.2, 0.25) is 0 Å². The van der Waals surface area contributed by atoms with Gasteiger partial charge in [-0.1, -0.05) is 133 Å². The lowest BCUT2D eigenvalue weighted by atomic mass is 9.97. The third kappa shape index (κ3) is 4.63. The van der Waals surface area contributed by atoms with Gasteiger partial charge in [-0.15, -0.1) is 11.3 Å². The maximum Gasteiger partial charge on any atom is 0.166 e. The van der Waals surface area contributed by atoms with Gasteiger partial charge in [-0.05, 0) is 47.5 Å². The van der Waals surface area contributed by atoms with E-state index in [0.717, 1.165) is 42.4 Å². The van der Waals surface area contributed by atoms with Crippen molar-refractivity contribution in [1.29, 1.82) is 0 Å². The van der Waals surface area contributed by atoms with Crippen LogP contribution in [0.2, 0.25) is 0 Å². The van der Waals surface area contributed by atoms with Crippen LogP contribution in [0.4, 0.5) is 0 Å². The summed E-state index contributed by atoms with van der Waals surface area (Å²) in [5.41, 5.74) is 3.99. The number of hydrogen-bond donors (Lipinski definition) is 0. The van der Waals surface area contributed by atoms with E-state index in [-0.39, 0.29) is 27.6 Å². The van der Waals surface area contributed by atoms with Crippen LogP contribution in [0.3, 0.4) is 0 Å². The van der Waals surface area contributed by atoms with Gasteiger partial charge in [0.15, 0.2) is 17.5 Å². The van der Waals surface area contributed by atoms with Crippen molar-refractivity contribution in [2.75, 3.05) is 0 Å². The summed E-state index contributed by atoms with van der Waals surface area (Å²) in [5.74, 6) is 1.06. The maximum absolute atomic E-state index is 9.29. The molecule has 0 amide bonds. The number of rotatable bonds is 5. The average Bonchev–Trinajstić information content (AvgIpc) is 3.83. The molecular weight excluding hydrogens is 629 g/mol. The van der Waals surface area contributed by atoms with Crippen molar-refractivity contribution < 1.29 is 11.0 Å². The van der Waals surface area contributed by atoms with Crippen LogP contribution in [0.1, 0.15) is 11.0 Å². The molecule has 0 saturated heterocycles. The molecule has 0 bridgehead atoms. The van der Waals surface area contributed by atoms with Crippen LogP contribution in [0, 0.1) is 0 Å². The molecule has 3 heterocycles. The highest BCUT2D eigenvalue weighted by Crippen LogP contribution is 2.43. The van der Waals surface area contributed by atoms with Gasteiger partial charge in [0.25, 0.3) is 0 Å². The summed E-state index contributed by atoms with van der Waals surface area (Å²) in [6.07, 6.45) is 0. The molecule has 5 heteroatoms. The fourth-order valence-corrected chi connectivity index (χ4v) is 7.81. The predicted molar refractivity (Wildman–Crippen MR) is 209 cm³/mol. The highest BCUT2D eigenvalue weighted by Gasteiger charge is 2.21. The van der Waals surface area contributed by atoms with E-state index in [1.54, 1.807) is 15.9 Å². The number of benzene rings is 7. The lowest BCUT2D eigenvalue weighted by Gasteiger charge is -2.17.